The molecule has 1 aromatic heterocycles. The van der Waals surface area contributed by atoms with Crippen molar-refractivity contribution in [3.63, 3.8) is 0 Å². The maximum absolute atomic E-state index is 12.8. The number of rotatable bonds is 14. The van der Waals surface area contributed by atoms with Gasteiger partial charge in [-0.1, -0.05) is 60.7 Å². The van der Waals surface area contributed by atoms with Crippen LogP contribution >= 0.6 is 0 Å². The molecule has 0 bridgehead atoms. The van der Waals surface area contributed by atoms with Crippen molar-refractivity contribution in [1.82, 2.24) is 20.3 Å². The quantitative estimate of drug-likeness (QED) is 0.141. The number of pyridine rings is 1. The number of nitrogens with one attached hydrogen (secondary N) is 3. The highest BCUT2D eigenvalue weighted by Crippen LogP contribution is 2.12. The first-order valence-electron chi connectivity index (χ1n) is 14.1. The van der Waals surface area contributed by atoms with E-state index >= 15 is 0 Å². The first kappa shape index (κ1) is 32.6. The summed E-state index contributed by atoms with van der Waals surface area (Å²) in [6.45, 7) is 0.163. The zero-order chi connectivity index (χ0) is 32.1. The second-order valence-corrected chi connectivity index (χ2v) is 11.6. The number of ether oxygens (including phenoxy) is 1. The van der Waals surface area contributed by atoms with Crippen LogP contribution in [0.15, 0.2) is 108 Å². The molecule has 4 aromatic rings. The summed E-state index contributed by atoms with van der Waals surface area (Å²) < 4.78 is 32.6. The van der Waals surface area contributed by atoms with Crippen LogP contribution in [0.25, 0.3) is 0 Å². The van der Waals surface area contributed by atoms with Gasteiger partial charge in [0.2, 0.25) is 0 Å². The largest absolute Gasteiger partial charge is 0.460 e. The molecular weight excluding hydrogens is 596 g/mol. The minimum absolute atomic E-state index is 0.0654. The van der Waals surface area contributed by atoms with Crippen molar-refractivity contribution in [3.05, 3.63) is 131 Å². The van der Waals surface area contributed by atoms with Gasteiger partial charge < -0.3 is 15.4 Å². The highest BCUT2D eigenvalue weighted by atomic mass is 32.2. The number of amides is 3. The third kappa shape index (κ3) is 10.1. The lowest BCUT2D eigenvalue weighted by molar-refractivity contribution is -0.143. The van der Waals surface area contributed by atoms with E-state index in [2.05, 4.69) is 27.8 Å². The molecule has 0 saturated carbocycles. The standard InChI is InChI=1S/C33H32N4O7S/c38-30(44-23-25-12-5-2-6-13-25)22-36-33(41)29-19-16-27(21-35-29)32(40)37-45(42,43)28-17-14-26(15-18-28)31(39)34-20-8-7-11-24-9-3-1-4-10-24/h1-6,9-10,12-19,21H,7-8,11,20,22-23H2,(H,34,39)(H,36,41)(H,37,40). The van der Waals surface area contributed by atoms with Gasteiger partial charge in [0.15, 0.2) is 0 Å². The molecule has 0 aliphatic carbocycles. The highest BCUT2D eigenvalue weighted by Gasteiger charge is 2.20. The van der Waals surface area contributed by atoms with Crippen molar-refractivity contribution in [2.24, 2.45) is 0 Å². The summed E-state index contributed by atoms with van der Waals surface area (Å²) in [7, 11) is -4.26. The van der Waals surface area contributed by atoms with E-state index in [0.29, 0.717) is 6.54 Å². The first-order valence-corrected chi connectivity index (χ1v) is 15.6. The lowest BCUT2D eigenvalue weighted by Crippen LogP contribution is -2.32. The SMILES string of the molecule is O=C(CNC(=O)c1ccc(C(=O)NS(=O)(=O)c2ccc(C(=O)NCCCCc3ccccc3)cc2)cn1)OCc1ccccc1. The fourth-order valence-corrected chi connectivity index (χ4v) is 5.10. The molecule has 0 radical (unpaired) electrons. The topological polar surface area (TPSA) is 161 Å². The smallest absolute Gasteiger partial charge is 0.325 e. The Bertz CT molecular complexity index is 1710. The van der Waals surface area contributed by atoms with Gasteiger partial charge in [-0.2, -0.15) is 0 Å². The molecule has 232 valence electrons. The Hall–Kier alpha value is -5.36. The predicted octanol–water partition coefficient (Wildman–Crippen LogP) is 3.43. The number of aromatic nitrogens is 1. The number of unbranched alkanes of at least 4 members (excludes halogenated alkanes) is 1. The fourth-order valence-electron chi connectivity index (χ4n) is 4.12. The summed E-state index contributed by atoms with van der Waals surface area (Å²) in [5.41, 5.74) is 2.12. The number of benzene rings is 3. The lowest BCUT2D eigenvalue weighted by Gasteiger charge is -2.09. The zero-order valence-electron chi connectivity index (χ0n) is 24.3. The number of hydrogen-bond acceptors (Lipinski definition) is 8. The minimum Gasteiger partial charge on any atom is -0.460 e. The van der Waals surface area contributed by atoms with Crippen LogP contribution in [-0.4, -0.2) is 50.2 Å². The van der Waals surface area contributed by atoms with Gasteiger partial charge >= 0.3 is 5.97 Å². The molecule has 0 spiro atoms. The molecular formula is C33H32N4O7S. The van der Waals surface area contributed by atoms with Crippen molar-refractivity contribution >= 4 is 33.7 Å². The molecule has 0 fully saturated rings. The molecule has 12 heteroatoms. The van der Waals surface area contributed by atoms with Gasteiger partial charge in [0.05, 0.1) is 10.5 Å². The Kier molecular flexibility index (Phi) is 11.5. The summed E-state index contributed by atoms with van der Waals surface area (Å²) in [5, 5.41) is 5.20. The van der Waals surface area contributed by atoms with Crippen LogP contribution in [0.4, 0.5) is 0 Å². The molecule has 1 heterocycles. The molecule has 0 unspecified atom stereocenters. The van der Waals surface area contributed by atoms with Gasteiger partial charge in [0, 0.05) is 18.3 Å². The van der Waals surface area contributed by atoms with Gasteiger partial charge in [0.1, 0.15) is 18.8 Å². The van der Waals surface area contributed by atoms with Crippen molar-refractivity contribution in [2.45, 2.75) is 30.8 Å². The van der Waals surface area contributed by atoms with Gasteiger partial charge in [-0.15, -0.1) is 0 Å². The summed E-state index contributed by atoms with van der Waals surface area (Å²) in [6.07, 6.45) is 3.67. The van der Waals surface area contributed by atoms with Crippen LogP contribution < -0.4 is 15.4 Å². The average Bonchev–Trinajstić information content (AvgIpc) is 3.07. The van der Waals surface area contributed by atoms with Crippen molar-refractivity contribution < 1.29 is 32.3 Å². The predicted molar refractivity (Wildman–Crippen MR) is 166 cm³/mol. The number of aryl methyl sites for hydroxylation is 1. The van der Waals surface area contributed by atoms with Crippen LogP contribution in [0.1, 0.15) is 55.2 Å². The van der Waals surface area contributed by atoms with Gasteiger partial charge in [-0.05, 0) is 66.8 Å². The maximum Gasteiger partial charge on any atom is 0.325 e. The average molecular weight is 629 g/mol. The van der Waals surface area contributed by atoms with Crippen molar-refractivity contribution in [1.29, 1.82) is 0 Å². The number of carbonyl (C=O) groups is 4. The third-order valence-corrected chi connectivity index (χ3v) is 7.92. The van der Waals surface area contributed by atoms with Crippen LogP contribution in [0.3, 0.4) is 0 Å². The van der Waals surface area contributed by atoms with E-state index in [4.69, 9.17) is 4.74 Å². The van der Waals surface area contributed by atoms with Crippen LogP contribution in [0, 0.1) is 0 Å². The number of hydrogen-bond donors (Lipinski definition) is 3. The molecule has 0 atom stereocenters. The van der Waals surface area contributed by atoms with E-state index in [1.165, 1.54) is 42.0 Å². The second kappa shape index (κ2) is 15.9. The molecule has 45 heavy (non-hydrogen) atoms. The number of esters is 1. The summed E-state index contributed by atoms with van der Waals surface area (Å²) in [4.78, 5) is 53.0. The summed E-state index contributed by atoms with van der Waals surface area (Å²) in [6, 6.07) is 26.8. The molecule has 3 N–H and O–H groups in total. The Morgan fingerprint density at radius 3 is 1.96 bits per heavy atom. The molecule has 0 saturated heterocycles. The highest BCUT2D eigenvalue weighted by molar-refractivity contribution is 7.90. The number of sulfonamides is 1. The zero-order valence-corrected chi connectivity index (χ0v) is 25.1. The monoisotopic (exact) mass is 628 g/mol. The van der Waals surface area contributed by atoms with Crippen LogP contribution in [0.2, 0.25) is 0 Å². The molecule has 3 amide bonds. The Morgan fingerprint density at radius 1 is 0.667 bits per heavy atom. The second-order valence-electron chi connectivity index (χ2n) is 9.92. The Labute approximate surface area is 261 Å². The van der Waals surface area contributed by atoms with E-state index in [1.807, 2.05) is 41.1 Å². The number of nitrogens with zero attached hydrogens (tertiary/aromatic N) is 1. The third-order valence-electron chi connectivity index (χ3n) is 6.57. The maximum atomic E-state index is 12.8. The minimum atomic E-state index is -4.26. The van der Waals surface area contributed by atoms with E-state index < -0.39 is 27.8 Å². The summed E-state index contributed by atoms with van der Waals surface area (Å²) >= 11 is 0. The van der Waals surface area contributed by atoms with Crippen molar-refractivity contribution in [3.8, 4) is 0 Å². The molecule has 11 nitrogen and oxygen atoms in total. The molecule has 0 aliphatic rings. The normalized spacial score (nSPS) is 10.8. The van der Waals surface area contributed by atoms with E-state index in [0.717, 1.165) is 31.0 Å². The van der Waals surface area contributed by atoms with Gasteiger partial charge in [-0.25, -0.2) is 13.1 Å². The van der Waals surface area contributed by atoms with Gasteiger partial charge in [0.25, 0.3) is 27.7 Å². The molecule has 3 aromatic carbocycles. The Balaban J connectivity index is 1.21. The van der Waals surface area contributed by atoms with Gasteiger partial charge in [-0.3, -0.25) is 24.2 Å². The van der Waals surface area contributed by atoms with Crippen molar-refractivity contribution in [2.75, 3.05) is 13.1 Å². The van der Waals surface area contributed by atoms with E-state index in [-0.39, 0.29) is 40.8 Å². The number of carbonyl (C=O) groups excluding carboxylic acids is 4. The summed E-state index contributed by atoms with van der Waals surface area (Å²) in [5.74, 6) is -2.61. The lowest BCUT2D eigenvalue weighted by atomic mass is 10.1. The fraction of sp³-hybridized carbons (Fsp3) is 0.182. The molecule has 4 rings (SSSR count). The first-order chi connectivity index (χ1) is 21.7. The van der Waals surface area contributed by atoms with E-state index in [9.17, 15) is 27.6 Å². The van der Waals surface area contributed by atoms with Crippen LogP contribution in [0.5, 0.6) is 0 Å². The van der Waals surface area contributed by atoms with E-state index in [1.54, 1.807) is 12.1 Å². The van der Waals surface area contributed by atoms with Crippen LogP contribution in [-0.2, 0) is 32.6 Å². The Morgan fingerprint density at radius 2 is 1.31 bits per heavy atom. The molecule has 0 aliphatic heterocycles.